The van der Waals surface area contributed by atoms with Crippen molar-refractivity contribution in [1.29, 1.82) is 0 Å². The van der Waals surface area contributed by atoms with Crippen molar-refractivity contribution >= 4 is 29.0 Å². The first-order valence-corrected chi connectivity index (χ1v) is 6.13. The molecule has 96 valence electrons. The van der Waals surface area contributed by atoms with Crippen LogP contribution in [0, 0.1) is 5.41 Å². The molecule has 0 aliphatic rings. The van der Waals surface area contributed by atoms with E-state index in [1.165, 1.54) is 6.20 Å². The van der Waals surface area contributed by atoms with E-state index in [0.29, 0.717) is 23.8 Å². The normalized spacial score (nSPS) is 13.5. The minimum Gasteiger partial charge on any atom is -0.391 e. The molecule has 1 aromatic heterocycles. The molecule has 0 aliphatic carbocycles. The Morgan fingerprint density at radius 3 is 2.65 bits per heavy atom. The Labute approximate surface area is 111 Å². The van der Waals surface area contributed by atoms with E-state index < -0.39 is 6.10 Å². The van der Waals surface area contributed by atoms with Crippen LogP contribution in [-0.4, -0.2) is 27.7 Å². The number of anilines is 1. The van der Waals surface area contributed by atoms with Gasteiger partial charge in [-0.05, 0) is 23.4 Å². The maximum atomic E-state index is 9.82. The van der Waals surface area contributed by atoms with Crippen LogP contribution in [-0.2, 0) is 0 Å². The second-order valence-corrected chi connectivity index (χ2v) is 5.88. The van der Waals surface area contributed by atoms with Crippen molar-refractivity contribution in [3.63, 3.8) is 0 Å². The first kappa shape index (κ1) is 14.5. The summed E-state index contributed by atoms with van der Waals surface area (Å²) in [6.45, 7) is 6.60. The van der Waals surface area contributed by atoms with Gasteiger partial charge in [-0.1, -0.05) is 32.4 Å². The fraction of sp³-hybridized carbons (Fsp3) is 0.636. The molecule has 0 saturated heterocycles. The van der Waals surface area contributed by atoms with E-state index in [4.69, 9.17) is 23.2 Å². The molecule has 1 unspecified atom stereocenters. The van der Waals surface area contributed by atoms with Crippen molar-refractivity contribution in [2.75, 3.05) is 11.9 Å². The zero-order valence-electron chi connectivity index (χ0n) is 10.2. The maximum absolute atomic E-state index is 9.82. The first-order valence-electron chi connectivity index (χ1n) is 5.38. The Morgan fingerprint density at radius 2 is 2.06 bits per heavy atom. The number of nitrogens with one attached hydrogen (secondary N) is 1. The lowest BCUT2D eigenvalue weighted by atomic mass is 9.89. The number of aromatic nitrogens is 2. The molecule has 0 spiro atoms. The standard InChI is InChI=1S/C11H17Cl2N3O/c1-11(2,3)4-7(17)5-14-9-8(12)6-15-10(13)16-9/h6-7,17H,4-5H2,1-3H3,(H,14,15,16). The molecule has 0 saturated carbocycles. The van der Waals surface area contributed by atoms with Gasteiger partial charge in [0, 0.05) is 6.54 Å². The predicted molar refractivity (Wildman–Crippen MR) is 70.6 cm³/mol. The summed E-state index contributed by atoms with van der Waals surface area (Å²) < 4.78 is 0. The Morgan fingerprint density at radius 1 is 1.41 bits per heavy atom. The number of aliphatic hydroxyl groups is 1. The van der Waals surface area contributed by atoms with Gasteiger partial charge in [0.05, 0.1) is 12.3 Å². The number of halogens is 2. The SMILES string of the molecule is CC(C)(C)CC(O)CNc1nc(Cl)ncc1Cl. The van der Waals surface area contributed by atoms with E-state index in [0.717, 1.165) is 0 Å². The highest BCUT2D eigenvalue weighted by atomic mass is 35.5. The smallest absolute Gasteiger partial charge is 0.224 e. The summed E-state index contributed by atoms with van der Waals surface area (Å²) in [6.07, 6.45) is 1.66. The van der Waals surface area contributed by atoms with Crippen LogP contribution in [0.4, 0.5) is 5.82 Å². The average Bonchev–Trinajstić information content (AvgIpc) is 2.17. The number of rotatable bonds is 4. The van der Waals surface area contributed by atoms with Crippen LogP contribution in [0.25, 0.3) is 0 Å². The summed E-state index contributed by atoms with van der Waals surface area (Å²) in [5, 5.41) is 13.3. The maximum Gasteiger partial charge on any atom is 0.224 e. The molecule has 1 heterocycles. The molecule has 0 aromatic carbocycles. The van der Waals surface area contributed by atoms with Crippen molar-refractivity contribution in [3.05, 3.63) is 16.5 Å². The molecule has 6 heteroatoms. The van der Waals surface area contributed by atoms with E-state index in [1.807, 2.05) is 0 Å². The van der Waals surface area contributed by atoms with Crippen molar-refractivity contribution in [3.8, 4) is 0 Å². The fourth-order valence-corrected chi connectivity index (χ4v) is 1.75. The van der Waals surface area contributed by atoms with Crippen LogP contribution in [0.3, 0.4) is 0 Å². The first-order chi connectivity index (χ1) is 7.78. The third-order valence-corrected chi connectivity index (χ3v) is 2.53. The van der Waals surface area contributed by atoms with Gasteiger partial charge in [0.25, 0.3) is 0 Å². The van der Waals surface area contributed by atoms with Crippen molar-refractivity contribution < 1.29 is 5.11 Å². The Bertz CT molecular complexity index is 379. The minimum absolute atomic E-state index is 0.0776. The van der Waals surface area contributed by atoms with E-state index in [9.17, 15) is 5.11 Å². The van der Waals surface area contributed by atoms with Crippen molar-refractivity contribution in [2.45, 2.75) is 33.3 Å². The molecule has 2 N–H and O–H groups in total. The van der Waals surface area contributed by atoms with Gasteiger partial charge in [-0.2, -0.15) is 4.98 Å². The van der Waals surface area contributed by atoms with Crippen LogP contribution < -0.4 is 5.32 Å². The monoisotopic (exact) mass is 277 g/mol. The number of nitrogens with zero attached hydrogens (tertiary/aromatic N) is 2. The fourth-order valence-electron chi connectivity index (χ4n) is 1.46. The predicted octanol–water partition coefficient (Wildman–Crippen LogP) is 2.99. The largest absolute Gasteiger partial charge is 0.391 e. The van der Waals surface area contributed by atoms with E-state index in [1.54, 1.807) is 0 Å². The van der Waals surface area contributed by atoms with Gasteiger partial charge < -0.3 is 10.4 Å². The van der Waals surface area contributed by atoms with Gasteiger partial charge in [-0.15, -0.1) is 0 Å². The third kappa shape index (κ3) is 5.52. The van der Waals surface area contributed by atoms with Crippen LogP contribution in [0.2, 0.25) is 10.3 Å². The van der Waals surface area contributed by atoms with Crippen LogP contribution in [0.5, 0.6) is 0 Å². The van der Waals surface area contributed by atoms with E-state index in [-0.39, 0.29) is 10.7 Å². The molecule has 1 rings (SSSR count). The molecule has 1 atom stereocenters. The second-order valence-electron chi connectivity index (χ2n) is 5.14. The summed E-state index contributed by atoms with van der Waals surface area (Å²) in [4.78, 5) is 7.69. The second kappa shape index (κ2) is 5.85. The van der Waals surface area contributed by atoms with Gasteiger partial charge in [-0.25, -0.2) is 4.98 Å². The van der Waals surface area contributed by atoms with E-state index >= 15 is 0 Å². The molecule has 0 amide bonds. The molecular formula is C11H17Cl2N3O. The Hall–Kier alpha value is -0.580. The van der Waals surface area contributed by atoms with Crippen LogP contribution >= 0.6 is 23.2 Å². The topological polar surface area (TPSA) is 58.0 Å². The Balaban J connectivity index is 2.53. The van der Waals surface area contributed by atoms with Gasteiger partial charge in [0.1, 0.15) is 10.8 Å². The van der Waals surface area contributed by atoms with Crippen molar-refractivity contribution in [1.82, 2.24) is 9.97 Å². The molecule has 4 nitrogen and oxygen atoms in total. The molecule has 1 aromatic rings. The number of hydrogen-bond donors (Lipinski definition) is 2. The lowest BCUT2D eigenvalue weighted by molar-refractivity contribution is 0.132. The zero-order chi connectivity index (χ0) is 13.1. The highest BCUT2D eigenvalue weighted by Gasteiger charge is 2.17. The highest BCUT2D eigenvalue weighted by molar-refractivity contribution is 6.33. The Kier molecular flexibility index (Phi) is 4.98. The zero-order valence-corrected chi connectivity index (χ0v) is 11.7. The van der Waals surface area contributed by atoms with Gasteiger partial charge >= 0.3 is 0 Å². The lowest BCUT2D eigenvalue weighted by Gasteiger charge is -2.22. The summed E-state index contributed by atoms with van der Waals surface area (Å²) in [5.74, 6) is 0.444. The quantitative estimate of drug-likeness (QED) is 0.831. The van der Waals surface area contributed by atoms with Gasteiger partial charge in [-0.3, -0.25) is 0 Å². The minimum atomic E-state index is -0.459. The average molecular weight is 278 g/mol. The third-order valence-electron chi connectivity index (χ3n) is 2.07. The van der Waals surface area contributed by atoms with Crippen molar-refractivity contribution in [2.24, 2.45) is 5.41 Å². The molecule has 0 aliphatic heterocycles. The lowest BCUT2D eigenvalue weighted by Crippen LogP contribution is -2.25. The molecule has 0 fully saturated rings. The molecule has 17 heavy (non-hydrogen) atoms. The van der Waals surface area contributed by atoms with Crippen LogP contribution in [0.15, 0.2) is 6.20 Å². The molecule has 0 bridgehead atoms. The molecule has 0 radical (unpaired) electrons. The number of hydrogen-bond acceptors (Lipinski definition) is 4. The summed E-state index contributed by atoms with van der Waals surface area (Å²) in [6, 6.07) is 0. The highest BCUT2D eigenvalue weighted by Crippen LogP contribution is 2.22. The van der Waals surface area contributed by atoms with Gasteiger partial charge in [0.2, 0.25) is 5.28 Å². The number of aliphatic hydroxyl groups excluding tert-OH is 1. The molecular weight excluding hydrogens is 261 g/mol. The summed E-state index contributed by atoms with van der Waals surface area (Å²) in [7, 11) is 0. The van der Waals surface area contributed by atoms with Gasteiger partial charge in [0.15, 0.2) is 0 Å². The summed E-state index contributed by atoms with van der Waals surface area (Å²) in [5.41, 5.74) is 0.0776. The van der Waals surface area contributed by atoms with Crippen LogP contribution in [0.1, 0.15) is 27.2 Å². The summed E-state index contributed by atoms with van der Waals surface area (Å²) >= 11 is 11.5. The van der Waals surface area contributed by atoms with E-state index in [2.05, 4.69) is 36.1 Å².